The molecule has 21 heavy (non-hydrogen) atoms. The highest BCUT2D eigenvalue weighted by Gasteiger charge is 2.24. The third kappa shape index (κ3) is 3.52. The molecule has 0 bridgehead atoms. The lowest BCUT2D eigenvalue weighted by Gasteiger charge is -2.32. The molecule has 2 aliphatic rings. The van der Waals surface area contributed by atoms with Gasteiger partial charge in [-0.1, -0.05) is 26.0 Å². The highest BCUT2D eigenvalue weighted by atomic mass is 16.5. The second-order valence-electron chi connectivity index (χ2n) is 6.64. The molecule has 3 nitrogen and oxygen atoms in total. The first-order valence-electron chi connectivity index (χ1n) is 8.35. The third-order valence-corrected chi connectivity index (χ3v) is 5.03. The van der Waals surface area contributed by atoms with Crippen molar-refractivity contribution in [1.29, 1.82) is 0 Å². The van der Waals surface area contributed by atoms with Crippen molar-refractivity contribution in [2.75, 3.05) is 13.2 Å². The van der Waals surface area contributed by atoms with Gasteiger partial charge in [0.2, 0.25) is 0 Å². The summed E-state index contributed by atoms with van der Waals surface area (Å²) in [5, 5.41) is 3.72. The summed E-state index contributed by atoms with van der Waals surface area (Å²) in [5.74, 6) is 3.54. The molecule has 1 N–H and O–H groups in total. The molecule has 0 radical (unpaired) electrons. The Bertz CT molecular complexity index is 474. The highest BCUT2D eigenvalue weighted by Crippen LogP contribution is 2.34. The van der Waals surface area contributed by atoms with Gasteiger partial charge in [0.05, 0.1) is 13.2 Å². The van der Waals surface area contributed by atoms with Crippen LogP contribution in [0.1, 0.15) is 45.1 Å². The molecule has 0 spiro atoms. The molecule has 3 atom stereocenters. The maximum absolute atomic E-state index is 5.89. The van der Waals surface area contributed by atoms with E-state index in [2.05, 4.69) is 31.3 Å². The maximum atomic E-state index is 5.89. The summed E-state index contributed by atoms with van der Waals surface area (Å²) in [6.07, 6.45) is 4.87. The molecule has 1 aliphatic heterocycles. The summed E-state index contributed by atoms with van der Waals surface area (Å²) in [7, 11) is 0. The average molecular weight is 289 g/mol. The maximum Gasteiger partial charge on any atom is 0.165 e. The standard InChI is InChI=1S/C18H27NO2/c1-13-7-8-16(11-14(13)2)19-12-15-5-3-6-17-18(15)21-10-4-9-20-17/h3,5-6,13-14,16,19H,4,7-12H2,1-2H3. The summed E-state index contributed by atoms with van der Waals surface area (Å²) in [6, 6.07) is 6.86. The molecular weight excluding hydrogens is 262 g/mol. The second-order valence-corrected chi connectivity index (χ2v) is 6.64. The van der Waals surface area contributed by atoms with Crippen molar-refractivity contribution in [3.8, 4) is 11.5 Å². The molecular formula is C18H27NO2. The molecule has 1 aliphatic carbocycles. The van der Waals surface area contributed by atoms with Crippen LogP contribution in [0.25, 0.3) is 0 Å². The zero-order valence-corrected chi connectivity index (χ0v) is 13.2. The second kappa shape index (κ2) is 6.69. The summed E-state index contributed by atoms with van der Waals surface area (Å²) >= 11 is 0. The first kappa shape index (κ1) is 14.7. The van der Waals surface area contributed by atoms with E-state index in [4.69, 9.17) is 9.47 Å². The van der Waals surface area contributed by atoms with Crippen LogP contribution in [0.15, 0.2) is 18.2 Å². The molecule has 1 fully saturated rings. The van der Waals surface area contributed by atoms with Crippen LogP contribution in [-0.2, 0) is 6.54 Å². The summed E-state index contributed by atoms with van der Waals surface area (Å²) in [6.45, 7) is 7.13. The van der Waals surface area contributed by atoms with E-state index in [1.165, 1.54) is 24.8 Å². The quantitative estimate of drug-likeness (QED) is 0.919. The van der Waals surface area contributed by atoms with Gasteiger partial charge in [0.1, 0.15) is 0 Å². The predicted molar refractivity (Wildman–Crippen MR) is 84.9 cm³/mol. The Labute approximate surface area is 128 Å². The minimum atomic E-state index is 0.638. The molecule has 0 aromatic heterocycles. The summed E-state index contributed by atoms with van der Waals surface area (Å²) < 4.78 is 11.7. The van der Waals surface area contributed by atoms with Crippen LogP contribution in [0, 0.1) is 11.8 Å². The first-order valence-corrected chi connectivity index (χ1v) is 8.35. The number of para-hydroxylation sites is 1. The van der Waals surface area contributed by atoms with E-state index >= 15 is 0 Å². The molecule has 3 heteroatoms. The lowest BCUT2D eigenvalue weighted by Crippen LogP contribution is -2.35. The number of rotatable bonds is 3. The molecule has 3 unspecified atom stereocenters. The van der Waals surface area contributed by atoms with Crippen LogP contribution >= 0.6 is 0 Å². The summed E-state index contributed by atoms with van der Waals surface area (Å²) in [4.78, 5) is 0. The highest BCUT2D eigenvalue weighted by molar-refractivity contribution is 5.47. The van der Waals surface area contributed by atoms with Gasteiger partial charge in [0.25, 0.3) is 0 Å². The van der Waals surface area contributed by atoms with Crippen molar-refractivity contribution < 1.29 is 9.47 Å². The van der Waals surface area contributed by atoms with E-state index < -0.39 is 0 Å². The molecule has 1 saturated carbocycles. The van der Waals surface area contributed by atoms with Crippen molar-refractivity contribution in [3.63, 3.8) is 0 Å². The Morgan fingerprint density at radius 2 is 1.95 bits per heavy atom. The fourth-order valence-electron chi connectivity index (χ4n) is 3.38. The molecule has 1 aromatic rings. The molecule has 116 valence electrons. The molecule has 0 amide bonds. The van der Waals surface area contributed by atoms with Crippen LogP contribution in [0.3, 0.4) is 0 Å². The Balaban J connectivity index is 1.63. The molecule has 1 aromatic carbocycles. The molecule has 1 heterocycles. The monoisotopic (exact) mass is 289 g/mol. The first-order chi connectivity index (χ1) is 10.2. The number of benzene rings is 1. The summed E-state index contributed by atoms with van der Waals surface area (Å²) in [5.41, 5.74) is 1.22. The third-order valence-electron chi connectivity index (χ3n) is 5.03. The van der Waals surface area contributed by atoms with Gasteiger partial charge in [0, 0.05) is 24.6 Å². The van der Waals surface area contributed by atoms with Crippen molar-refractivity contribution >= 4 is 0 Å². The topological polar surface area (TPSA) is 30.5 Å². The van der Waals surface area contributed by atoms with Gasteiger partial charge in [-0.15, -0.1) is 0 Å². The number of nitrogens with one attached hydrogen (secondary N) is 1. The van der Waals surface area contributed by atoms with E-state index in [-0.39, 0.29) is 0 Å². The Kier molecular flexibility index (Phi) is 4.69. The number of ether oxygens (including phenoxy) is 2. The van der Waals surface area contributed by atoms with E-state index in [1.54, 1.807) is 0 Å². The largest absolute Gasteiger partial charge is 0.490 e. The van der Waals surface area contributed by atoms with E-state index in [0.29, 0.717) is 6.04 Å². The smallest absolute Gasteiger partial charge is 0.165 e. The Morgan fingerprint density at radius 1 is 1.10 bits per heavy atom. The number of hydrogen-bond donors (Lipinski definition) is 1. The van der Waals surface area contributed by atoms with Crippen molar-refractivity contribution in [2.45, 2.75) is 52.1 Å². The van der Waals surface area contributed by atoms with Gasteiger partial charge < -0.3 is 14.8 Å². The zero-order chi connectivity index (χ0) is 14.7. The van der Waals surface area contributed by atoms with Crippen LogP contribution < -0.4 is 14.8 Å². The minimum Gasteiger partial charge on any atom is -0.490 e. The van der Waals surface area contributed by atoms with Crippen molar-refractivity contribution in [1.82, 2.24) is 5.32 Å². The van der Waals surface area contributed by atoms with Crippen molar-refractivity contribution in [2.24, 2.45) is 11.8 Å². The average Bonchev–Trinajstić information content (AvgIpc) is 2.74. The molecule has 0 saturated heterocycles. The van der Waals surface area contributed by atoms with E-state index in [0.717, 1.165) is 49.5 Å². The van der Waals surface area contributed by atoms with Gasteiger partial charge in [0.15, 0.2) is 11.5 Å². The zero-order valence-electron chi connectivity index (χ0n) is 13.2. The van der Waals surface area contributed by atoms with Gasteiger partial charge in [-0.2, -0.15) is 0 Å². The lowest BCUT2D eigenvalue weighted by atomic mass is 9.79. The van der Waals surface area contributed by atoms with Crippen LogP contribution in [0.2, 0.25) is 0 Å². The van der Waals surface area contributed by atoms with Crippen LogP contribution in [-0.4, -0.2) is 19.3 Å². The SMILES string of the molecule is CC1CCC(NCc2cccc3c2OCCCO3)CC1C. The number of fused-ring (bicyclic) bond motifs is 1. The van der Waals surface area contributed by atoms with Crippen molar-refractivity contribution in [3.05, 3.63) is 23.8 Å². The predicted octanol–water partition coefficient (Wildman–Crippen LogP) is 3.76. The molecule has 3 rings (SSSR count). The normalized spacial score (nSPS) is 29.0. The van der Waals surface area contributed by atoms with E-state index in [1.807, 2.05) is 6.07 Å². The number of hydrogen-bond acceptors (Lipinski definition) is 3. The Hall–Kier alpha value is -1.22. The minimum absolute atomic E-state index is 0.638. The van der Waals surface area contributed by atoms with Gasteiger partial charge in [-0.05, 0) is 37.2 Å². The van der Waals surface area contributed by atoms with Crippen LogP contribution in [0.4, 0.5) is 0 Å². The lowest BCUT2D eigenvalue weighted by molar-refractivity contribution is 0.225. The van der Waals surface area contributed by atoms with Gasteiger partial charge >= 0.3 is 0 Å². The van der Waals surface area contributed by atoms with Gasteiger partial charge in [-0.25, -0.2) is 0 Å². The Morgan fingerprint density at radius 3 is 2.81 bits per heavy atom. The van der Waals surface area contributed by atoms with Gasteiger partial charge in [-0.3, -0.25) is 0 Å². The fraction of sp³-hybridized carbons (Fsp3) is 0.667. The van der Waals surface area contributed by atoms with Crippen LogP contribution in [0.5, 0.6) is 11.5 Å². The fourth-order valence-corrected chi connectivity index (χ4v) is 3.38. The van der Waals surface area contributed by atoms with E-state index in [9.17, 15) is 0 Å².